The molecule has 8 nitrogen and oxygen atoms in total. The van der Waals surface area contributed by atoms with Crippen LogP contribution in [0.2, 0.25) is 0 Å². The second kappa shape index (κ2) is 4.39. The van der Waals surface area contributed by atoms with Crippen molar-refractivity contribution < 1.29 is 14.7 Å². The predicted molar refractivity (Wildman–Crippen MR) is 55.5 cm³/mol. The molecule has 2 aromatic heterocycles. The Kier molecular flexibility index (Phi) is 2.77. The van der Waals surface area contributed by atoms with Crippen molar-refractivity contribution in [3.63, 3.8) is 0 Å². The van der Waals surface area contributed by atoms with Gasteiger partial charge in [0.05, 0.1) is 23.6 Å². The van der Waals surface area contributed by atoms with E-state index in [-0.39, 0.29) is 16.9 Å². The third-order valence-corrected chi connectivity index (χ3v) is 1.89. The highest BCUT2D eigenvalue weighted by molar-refractivity contribution is 6.03. The Morgan fingerprint density at radius 2 is 2.12 bits per heavy atom. The first-order valence-electron chi connectivity index (χ1n) is 4.52. The fourth-order valence-corrected chi connectivity index (χ4v) is 1.13. The van der Waals surface area contributed by atoms with Gasteiger partial charge >= 0.3 is 5.97 Å². The molecule has 8 heteroatoms. The number of hydrogen-bond acceptors (Lipinski definition) is 5. The molecule has 0 bridgehead atoms. The first-order valence-corrected chi connectivity index (χ1v) is 4.52. The van der Waals surface area contributed by atoms with E-state index in [2.05, 4.69) is 25.7 Å². The molecule has 0 aliphatic rings. The number of H-pyrrole nitrogens is 1. The van der Waals surface area contributed by atoms with Gasteiger partial charge in [0.25, 0.3) is 5.91 Å². The molecular weight excluding hydrogens is 226 g/mol. The average molecular weight is 233 g/mol. The van der Waals surface area contributed by atoms with E-state index in [1.165, 1.54) is 24.7 Å². The van der Waals surface area contributed by atoms with Crippen molar-refractivity contribution in [1.82, 2.24) is 20.4 Å². The van der Waals surface area contributed by atoms with Gasteiger partial charge in [0.15, 0.2) is 5.69 Å². The summed E-state index contributed by atoms with van der Waals surface area (Å²) in [7, 11) is 0. The van der Waals surface area contributed by atoms with Crippen LogP contribution in [0.1, 0.15) is 20.8 Å². The van der Waals surface area contributed by atoms with Gasteiger partial charge in [-0.05, 0) is 6.07 Å². The second-order valence-electron chi connectivity index (χ2n) is 3.08. The highest BCUT2D eigenvalue weighted by Crippen LogP contribution is 2.09. The summed E-state index contributed by atoms with van der Waals surface area (Å²) in [6.45, 7) is 0. The molecule has 2 rings (SSSR count). The van der Waals surface area contributed by atoms with E-state index in [1.54, 1.807) is 0 Å². The molecule has 2 aromatic rings. The number of rotatable bonds is 3. The van der Waals surface area contributed by atoms with Crippen LogP contribution in [0.15, 0.2) is 24.7 Å². The Hall–Kier alpha value is -2.77. The van der Waals surface area contributed by atoms with E-state index in [0.29, 0.717) is 0 Å². The summed E-state index contributed by atoms with van der Waals surface area (Å²) in [5, 5.41) is 20.6. The van der Waals surface area contributed by atoms with E-state index < -0.39 is 11.9 Å². The number of pyridine rings is 1. The zero-order valence-corrected chi connectivity index (χ0v) is 8.41. The topological polar surface area (TPSA) is 121 Å². The summed E-state index contributed by atoms with van der Waals surface area (Å²) in [6, 6.07) is 1.30. The number of carboxylic acid groups (broad SMARTS) is 1. The Morgan fingerprint density at radius 1 is 1.29 bits per heavy atom. The fraction of sp³-hybridized carbons (Fsp3) is 0. The Morgan fingerprint density at radius 3 is 2.76 bits per heavy atom. The summed E-state index contributed by atoms with van der Waals surface area (Å²) in [5.41, 5.74) is 0.367. The lowest BCUT2D eigenvalue weighted by atomic mass is 10.2. The van der Waals surface area contributed by atoms with Crippen LogP contribution in [0, 0.1) is 0 Å². The minimum atomic E-state index is -1.12. The number of carboxylic acids is 1. The zero-order chi connectivity index (χ0) is 12.3. The molecule has 1 amide bonds. The molecule has 0 radical (unpaired) electrons. The molecule has 0 aromatic carbocycles. The van der Waals surface area contributed by atoms with E-state index >= 15 is 0 Å². The van der Waals surface area contributed by atoms with Gasteiger partial charge in [0.2, 0.25) is 0 Å². The van der Waals surface area contributed by atoms with E-state index in [9.17, 15) is 9.59 Å². The van der Waals surface area contributed by atoms with Crippen LogP contribution in [0.25, 0.3) is 0 Å². The normalized spacial score (nSPS) is 9.88. The number of nitrogens with one attached hydrogen (secondary N) is 2. The average Bonchev–Trinajstić information content (AvgIpc) is 2.82. The van der Waals surface area contributed by atoms with Gasteiger partial charge in [-0.2, -0.15) is 15.4 Å². The van der Waals surface area contributed by atoms with Crippen molar-refractivity contribution in [2.45, 2.75) is 0 Å². The standard InChI is InChI=1S/C9H7N5O3/c15-8(7-4-11-14-13-7)12-6-1-5(9(16)17)2-10-3-6/h1-4H,(H,12,15)(H,16,17)(H,11,13,14). The van der Waals surface area contributed by atoms with E-state index in [1.807, 2.05) is 0 Å². The van der Waals surface area contributed by atoms with Crippen LogP contribution in [-0.2, 0) is 0 Å². The quantitative estimate of drug-likeness (QED) is 0.693. The summed E-state index contributed by atoms with van der Waals surface area (Å²) in [6.07, 6.45) is 3.78. The van der Waals surface area contributed by atoms with Crippen molar-refractivity contribution in [1.29, 1.82) is 0 Å². The van der Waals surface area contributed by atoms with Gasteiger partial charge in [-0.3, -0.25) is 9.78 Å². The van der Waals surface area contributed by atoms with Gasteiger partial charge in [-0.1, -0.05) is 0 Å². The second-order valence-corrected chi connectivity index (χ2v) is 3.08. The molecule has 3 N–H and O–H groups in total. The molecule has 0 atom stereocenters. The molecule has 0 spiro atoms. The van der Waals surface area contributed by atoms with Crippen molar-refractivity contribution in [2.24, 2.45) is 0 Å². The molecule has 0 saturated carbocycles. The molecule has 0 fully saturated rings. The molecule has 86 valence electrons. The summed E-state index contributed by atoms with van der Waals surface area (Å²) < 4.78 is 0. The first kappa shape index (κ1) is 10.7. The smallest absolute Gasteiger partial charge is 0.337 e. The number of aromatic carboxylic acids is 1. The summed E-state index contributed by atoms with van der Waals surface area (Å²) in [4.78, 5) is 25.9. The number of aromatic nitrogens is 4. The van der Waals surface area contributed by atoms with Gasteiger partial charge in [0, 0.05) is 6.20 Å². The largest absolute Gasteiger partial charge is 0.478 e. The number of carbonyl (C=O) groups excluding carboxylic acids is 1. The molecular formula is C9H7N5O3. The van der Waals surface area contributed by atoms with Crippen LogP contribution in [0.4, 0.5) is 5.69 Å². The first-order chi connectivity index (χ1) is 8.16. The van der Waals surface area contributed by atoms with Crippen molar-refractivity contribution in [3.8, 4) is 0 Å². The fourth-order valence-electron chi connectivity index (χ4n) is 1.13. The zero-order valence-electron chi connectivity index (χ0n) is 8.41. The van der Waals surface area contributed by atoms with Gasteiger partial charge < -0.3 is 10.4 Å². The van der Waals surface area contributed by atoms with E-state index in [4.69, 9.17) is 5.11 Å². The number of amides is 1. The van der Waals surface area contributed by atoms with Crippen LogP contribution in [0.3, 0.4) is 0 Å². The van der Waals surface area contributed by atoms with Crippen molar-refractivity contribution in [3.05, 3.63) is 35.9 Å². The number of hydrogen-bond donors (Lipinski definition) is 3. The van der Waals surface area contributed by atoms with E-state index in [0.717, 1.165) is 0 Å². The highest BCUT2D eigenvalue weighted by atomic mass is 16.4. The number of anilines is 1. The molecule has 0 aliphatic heterocycles. The molecule has 17 heavy (non-hydrogen) atoms. The monoisotopic (exact) mass is 233 g/mol. The minimum Gasteiger partial charge on any atom is -0.478 e. The molecule has 0 aliphatic carbocycles. The lowest BCUT2D eigenvalue weighted by molar-refractivity contribution is 0.0696. The summed E-state index contributed by atoms with van der Waals surface area (Å²) >= 11 is 0. The SMILES string of the molecule is O=C(O)c1cncc(NC(=O)c2cn[nH]n2)c1. The van der Waals surface area contributed by atoms with Crippen LogP contribution in [0.5, 0.6) is 0 Å². The Balaban J connectivity index is 2.16. The van der Waals surface area contributed by atoms with Crippen molar-refractivity contribution >= 4 is 17.6 Å². The van der Waals surface area contributed by atoms with Gasteiger partial charge in [-0.15, -0.1) is 0 Å². The highest BCUT2D eigenvalue weighted by Gasteiger charge is 2.10. The maximum Gasteiger partial charge on any atom is 0.337 e. The Labute approximate surface area is 94.7 Å². The number of nitrogens with zero attached hydrogens (tertiary/aromatic N) is 3. The van der Waals surface area contributed by atoms with Gasteiger partial charge in [0.1, 0.15) is 0 Å². The molecule has 2 heterocycles. The van der Waals surface area contributed by atoms with Gasteiger partial charge in [-0.25, -0.2) is 4.79 Å². The number of carbonyl (C=O) groups is 2. The molecule has 0 saturated heterocycles. The maximum absolute atomic E-state index is 11.5. The lowest BCUT2D eigenvalue weighted by Crippen LogP contribution is -2.13. The maximum atomic E-state index is 11.5. The lowest BCUT2D eigenvalue weighted by Gasteiger charge is -2.02. The third-order valence-electron chi connectivity index (χ3n) is 1.89. The molecule has 0 unspecified atom stereocenters. The number of aromatic amines is 1. The van der Waals surface area contributed by atoms with Crippen LogP contribution in [-0.4, -0.2) is 37.4 Å². The minimum absolute atomic E-state index is 0.0112. The Bertz CT molecular complexity index is 552. The summed E-state index contributed by atoms with van der Waals surface area (Å²) in [5.74, 6) is -1.61. The predicted octanol–water partition coefficient (Wildman–Crippen LogP) is 0.150. The van der Waals surface area contributed by atoms with Crippen LogP contribution >= 0.6 is 0 Å². The van der Waals surface area contributed by atoms with Crippen molar-refractivity contribution in [2.75, 3.05) is 5.32 Å². The van der Waals surface area contributed by atoms with Crippen LogP contribution < -0.4 is 5.32 Å². The third kappa shape index (κ3) is 2.43.